The number of methoxy groups -OCH3 is 1. The minimum absolute atomic E-state index is 0.246. The molecule has 0 radical (unpaired) electrons. The van der Waals surface area contributed by atoms with Gasteiger partial charge in [0.15, 0.2) is 0 Å². The van der Waals surface area contributed by atoms with E-state index in [1.54, 1.807) is 0 Å². The van der Waals surface area contributed by atoms with Crippen LogP contribution in [0.3, 0.4) is 0 Å². The topological polar surface area (TPSA) is 42.4 Å². The van der Waals surface area contributed by atoms with Gasteiger partial charge < -0.3 is 9.84 Å². The molecule has 0 aliphatic carbocycles. The Kier molecular flexibility index (Phi) is 2.95. The third-order valence-corrected chi connectivity index (χ3v) is 1.65. The highest BCUT2D eigenvalue weighted by Gasteiger charge is 2.37. The van der Waals surface area contributed by atoms with E-state index in [1.165, 1.54) is 0 Å². The number of aliphatic hydroxyl groups is 1. The summed E-state index contributed by atoms with van der Waals surface area (Å²) in [5, 5.41) is 8.72. The van der Waals surface area contributed by atoms with Crippen LogP contribution in [0, 0.1) is 0 Å². The van der Waals surface area contributed by atoms with Crippen molar-refractivity contribution in [2.75, 3.05) is 7.11 Å². The molecule has 6 heteroatoms. The first-order valence-electron chi connectivity index (χ1n) is 3.70. The Morgan fingerprint density at radius 2 is 2.14 bits per heavy atom. The van der Waals surface area contributed by atoms with Gasteiger partial charge in [0.05, 0.1) is 13.7 Å². The standard InChI is InChI=1S/C8H8F3NO2/c1-14-7-6(8(9,10)11)5(4-13)2-3-12-7/h2-3,13H,4H2,1H3. The van der Waals surface area contributed by atoms with Gasteiger partial charge >= 0.3 is 6.18 Å². The van der Waals surface area contributed by atoms with Crippen LogP contribution in [-0.2, 0) is 12.8 Å². The van der Waals surface area contributed by atoms with Crippen molar-refractivity contribution in [3.05, 3.63) is 23.4 Å². The van der Waals surface area contributed by atoms with E-state index in [9.17, 15) is 13.2 Å². The van der Waals surface area contributed by atoms with Gasteiger partial charge in [0.25, 0.3) is 0 Å². The van der Waals surface area contributed by atoms with Crippen molar-refractivity contribution in [3.8, 4) is 5.88 Å². The lowest BCUT2D eigenvalue weighted by Crippen LogP contribution is -2.12. The zero-order valence-electron chi connectivity index (χ0n) is 7.30. The first-order chi connectivity index (χ1) is 6.50. The summed E-state index contributed by atoms with van der Waals surface area (Å²) in [7, 11) is 1.10. The van der Waals surface area contributed by atoms with Crippen molar-refractivity contribution in [2.45, 2.75) is 12.8 Å². The Labute approximate surface area is 78.2 Å². The van der Waals surface area contributed by atoms with E-state index in [-0.39, 0.29) is 5.56 Å². The van der Waals surface area contributed by atoms with E-state index in [1.807, 2.05) is 0 Å². The molecule has 78 valence electrons. The van der Waals surface area contributed by atoms with Gasteiger partial charge in [0.2, 0.25) is 5.88 Å². The van der Waals surface area contributed by atoms with Crippen molar-refractivity contribution in [2.24, 2.45) is 0 Å². The molecule has 1 rings (SSSR count). The van der Waals surface area contributed by atoms with Crippen LogP contribution in [0.15, 0.2) is 12.3 Å². The van der Waals surface area contributed by atoms with Crippen LogP contribution in [0.5, 0.6) is 5.88 Å². The molecule has 3 nitrogen and oxygen atoms in total. The Bertz CT molecular complexity index is 303. The van der Waals surface area contributed by atoms with Gasteiger partial charge in [0, 0.05) is 6.20 Å². The maximum atomic E-state index is 12.5. The molecule has 0 amide bonds. The summed E-state index contributed by atoms with van der Waals surface area (Å²) in [6.07, 6.45) is -3.42. The molecule has 0 aromatic carbocycles. The highest BCUT2D eigenvalue weighted by Crippen LogP contribution is 2.37. The van der Waals surface area contributed by atoms with Gasteiger partial charge in [-0.25, -0.2) is 4.98 Å². The van der Waals surface area contributed by atoms with Gasteiger partial charge in [0.1, 0.15) is 5.56 Å². The highest BCUT2D eigenvalue weighted by atomic mass is 19.4. The van der Waals surface area contributed by atoms with Gasteiger partial charge in [-0.3, -0.25) is 0 Å². The third kappa shape index (κ3) is 1.95. The van der Waals surface area contributed by atoms with Crippen LogP contribution in [-0.4, -0.2) is 17.2 Å². The van der Waals surface area contributed by atoms with E-state index >= 15 is 0 Å². The molecule has 0 saturated carbocycles. The fraction of sp³-hybridized carbons (Fsp3) is 0.375. The molecule has 0 saturated heterocycles. The van der Waals surface area contributed by atoms with Crippen molar-refractivity contribution in [1.82, 2.24) is 4.98 Å². The van der Waals surface area contributed by atoms with Gasteiger partial charge in [-0.2, -0.15) is 13.2 Å². The molecule has 0 aliphatic heterocycles. The fourth-order valence-corrected chi connectivity index (χ4v) is 1.07. The fourth-order valence-electron chi connectivity index (χ4n) is 1.07. The normalized spacial score (nSPS) is 11.5. The number of ether oxygens (including phenoxy) is 1. The maximum absolute atomic E-state index is 12.5. The smallest absolute Gasteiger partial charge is 0.421 e. The number of hydrogen-bond donors (Lipinski definition) is 1. The second-order valence-electron chi connectivity index (χ2n) is 2.51. The molecule has 0 fully saturated rings. The first-order valence-corrected chi connectivity index (χ1v) is 3.70. The molecular weight excluding hydrogens is 199 g/mol. The lowest BCUT2D eigenvalue weighted by atomic mass is 10.1. The average molecular weight is 207 g/mol. The molecule has 14 heavy (non-hydrogen) atoms. The van der Waals surface area contributed by atoms with E-state index in [0.29, 0.717) is 0 Å². The minimum Gasteiger partial charge on any atom is -0.481 e. The number of hydrogen-bond acceptors (Lipinski definition) is 3. The Hall–Kier alpha value is -1.30. The summed E-state index contributed by atoms with van der Waals surface area (Å²) in [6, 6.07) is 1.10. The van der Waals surface area contributed by atoms with Crippen molar-refractivity contribution < 1.29 is 23.0 Å². The summed E-state index contributed by atoms with van der Waals surface area (Å²) in [4.78, 5) is 3.42. The number of aliphatic hydroxyl groups excluding tert-OH is 1. The summed E-state index contributed by atoms with van der Waals surface area (Å²) >= 11 is 0. The van der Waals surface area contributed by atoms with E-state index in [0.717, 1.165) is 19.4 Å². The van der Waals surface area contributed by atoms with Gasteiger partial charge in [-0.15, -0.1) is 0 Å². The zero-order chi connectivity index (χ0) is 10.8. The summed E-state index contributed by atoms with van der Waals surface area (Å²) < 4.78 is 41.8. The Balaban J connectivity index is 3.34. The van der Waals surface area contributed by atoms with Crippen molar-refractivity contribution >= 4 is 0 Å². The van der Waals surface area contributed by atoms with E-state index in [2.05, 4.69) is 9.72 Å². The summed E-state index contributed by atoms with van der Waals surface area (Å²) in [5.74, 6) is -0.524. The molecule has 0 bridgehead atoms. The number of alkyl halides is 3. The molecule has 1 aromatic rings. The first kappa shape index (κ1) is 10.8. The lowest BCUT2D eigenvalue weighted by Gasteiger charge is -2.13. The van der Waals surface area contributed by atoms with Crippen molar-refractivity contribution in [3.63, 3.8) is 0 Å². The molecule has 1 aromatic heterocycles. The van der Waals surface area contributed by atoms with Gasteiger partial charge in [-0.1, -0.05) is 0 Å². The molecule has 0 atom stereocenters. The molecule has 1 N–H and O–H groups in total. The zero-order valence-corrected chi connectivity index (χ0v) is 7.30. The van der Waals surface area contributed by atoms with E-state index < -0.39 is 24.2 Å². The third-order valence-electron chi connectivity index (χ3n) is 1.65. The quantitative estimate of drug-likeness (QED) is 0.800. The SMILES string of the molecule is COc1nccc(CO)c1C(F)(F)F. The number of aromatic nitrogens is 1. The largest absolute Gasteiger partial charge is 0.481 e. The van der Waals surface area contributed by atoms with Crippen LogP contribution < -0.4 is 4.74 Å². The van der Waals surface area contributed by atoms with Crippen LogP contribution in [0.25, 0.3) is 0 Å². The van der Waals surface area contributed by atoms with E-state index in [4.69, 9.17) is 5.11 Å². The predicted octanol–water partition coefficient (Wildman–Crippen LogP) is 1.60. The van der Waals surface area contributed by atoms with Crippen molar-refractivity contribution in [1.29, 1.82) is 0 Å². The van der Waals surface area contributed by atoms with Crippen LogP contribution in [0.4, 0.5) is 13.2 Å². The monoisotopic (exact) mass is 207 g/mol. The summed E-state index contributed by atoms with van der Waals surface area (Å²) in [5.41, 5.74) is -1.27. The average Bonchev–Trinajstić information content (AvgIpc) is 2.15. The molecule has 0 aliphatic rings. The number of pyridine rings is 1. The number of halogens is 3. The molecule has 0 unspecified atom stereocenters. The van der Waals surface area contributed by atoms with Crippen LogP contribution in [0.1, 0.15) is 11.1 Å². The number of nitrogens with zero attached hydrogens (tertiary/aromatic N) is 1. The second-order valence-corrected chi connectivity index (χ2v) is 2.51. The summed E-state index contributed by atoms with van der Waals surface area (Å²) in [6.45, 7) is -0.701. The highest BCUT2D eigenvalue weighted by molar-refractivity contribution is 5.36. The Morgan fingerprint density at radius 1 is 1.50 bits per heavy atom. The van der Waals surface area contributed by atoms with Gasteiger partial charge in [-0.05, 0) is 11.6 Å². The second kappa shape index (κ2) is 3.83. The lowest BCUT2D eigenvalue weighted by molar-refractivity contribution is -0.140. The maximum Gasteiger partial charge on any atom is 0.421 e. The molecule has 1 heterocycles. The molecule has 0 spiro atoms. The minimum atomic E-state index is -4.57. The number of rotatable bonds is 2. The predicted molar refractivity (Wildman–Crippen MR) is 41.7 cm³/mol. The van der Waals surface area contributed by atoms with Crippen LogP contribution >= 0.6 is 0 Å². The Morgan fingerprint density at radius 3 is 2.57 bits per heavy atom. The molecular formula is C8H8F3NO2. The van der Waals surface area contributed by atoms with Crippen LogP contribution in [0.2, 0.25) is 0 Å².